The van der Waals surface area contributed by atoms with Crippen molar-refractivity contribution in [2.45, 2.75) is 50.0 Å². The number of para-hydroxylation sites is 2. The summed E-state index contributed by atoms with van der Waals surface area (Å²) in [6, 6.07) is 7.78. The van der Waals surface area contributed by atoms with Crippen LogP contribution in [0.1, 0.15) is 25.7 Å². The Morgan fingerprint density at radius 2 is 2.25 bits per heavy atom. The molecule has 1 saturated heterocycles. The highest BCUT2D eigenvalue weighted by atomic mass is 16.5. The molecule has 0 radical (unpaired) electrons. The van der Waals surface area contributed by atoms with Gasteiger partial charge in [-0.2, -0.15) is 0 Å². The van der Waals surface area contributed by atoms with Gasteiger partial charge in [-0.1, -0.05) is 12.1 Å². The third-order valence-corrected chi connectivity index (χ3v) is 5.72. The number of hydrogen-bond acceptors (Lipinski definition) is 4. The number of aliphatic hydroxyl groups is 1. The second-order valence-electron chi connectivity index (χ2n) is 6.91. The monoisotopic (exact) mass is 329 g/mol. The number of fused-ring (bicyclic) bond motifs is 2. The van der Waals surface area contributed by atoms with E-state index in [2.05, 4.69) is 4.98 Å². The van der Waals surface area contributed by atoms with Gasteiger partial charge in [0.05, 0.1) is 35.1 Å². The maximum absolute atomic E-state index is 12.9. The van der Waals surface area contributed by atoms with Crippen molar-refractivity contribution in [1.82, 2.24) is 14.5 Å². The zero-order valence-electron chi connectivity index (χ0n) is 13.9. The molecule has 0 spiro atoms. The summed E-state index contributed by atoms with van der Waals surface area (Å²) in [6.07, 6.45) is 4.38. The standard InChI is InChI=1S/C18H23N3O3/c1-24-18-7-6-13(22)10-16(18)21(9-8-18)17(23)11-20-12-19-14-4-2-3-5-15(14)20/h2-5,12-13,16,22H,6-11H2,1H3/t13-,16-,18+/m0/s1. The molecule has 1 N–H and O–H groups in total. The van der Waals surface area contributed by atoms with Gasteiger partial charge in [0.15, 0.2) is 0 Å². The zero-order chi connectivity index (χ0) is 16.7. The average molecular weight is 329 g/mol. The fraction of sp³-hybridized carbons (Fsp3) is 0.556. The Morgan fingerprint density at radius 3 is 3.08 bits per heavy atom. The van der Waals surface area contributed by atoms with Crippen LogP contribution in [0.2, 0.25) is 0 Å². The zero-order valence-corrected chi connectivity index (χ0v) is 13.9. The fourth-order valence-electron chi connectivity index (χ4n) is 4.35. The largest absolute Gasteiger partial charge is 0.393 e. The van der Waals surface area contributed by atoms with E-state index in [0.29, 0.717) is 13.0 Å². The lowest BCUT2D eigenvalue weighted by molar-refractivity contribution is -0.140. The number of likely N-dealkylation sites (tertiary alicyclic amines) is 1. The Balaban J connectivity index is 1.56. The van der Waals surface area contributed by atoms with Crippen molar-refractivity contribution >= 4 is 16.9 Å². The Kier molecular flexibility index (Phi) is 3.81. The van der Waals surface area contributed by atoms with Crippen molar-refractivity contribution in [3.63, 3.8) is 0 Å². The van der Waals surface area contributed by atoms with Crippen molar-refractivity contribution in [1.29, 1.82) is 0 Å². The summed E-state index contributed by atoms with van der Waals surface area (Å²) < 4.78 is 7.71. The molecule has 6 heteroatoms. The quantitative estimate of drug-likeness (QED) is 0.928. The van der Waals surface area contributed by atoms with Crippen LogP contribution in [-0.4, -0.2) is 56.9 Å². The molecule has 3 atom stereocenters. The highest BCUT2D eigenvalue weighted by Gasteiger charge is 2.52. The molecule has 2 heterocycles. The van der Waals surface area contributed by atoms with E-state index in [0.717, 1.165) is 30.3 Å². The Labute approximate surface area is 141 Å². The van der Waals surface area contributed by atoms with Crippen LogP contribution in [0.3, 0.4) is 0 Å². The molecular formula is C18H23N3O3. The second kappa shape index (κ2) is 5.86. The fourth-order valence-corrected chi connectivity index (χ4v) is 4.35. The van der Waals surface area contributed by atoms with E-state index >= 15 is 0 Å². The normalized spacial score (nSPS) is 29.8. The van der Waals surface area contributed by atoms with Gasteiger partial charge in [-0.25, -0.2) is 4.98 Å². The minimum atomic E-state index is -0.347. The summed E-state index contributed by atoms with van der Waals surface area (Å²) in [6.45, 7) is 0.962. The van der Waals surface area contributed by atoms with Gasteiger partial charge in [0.1, 0.15) is 6.54 Å². The highest BCUT2D eigenvalue weighted by Crippen LogP contribution is 2.42. The molecule has 6 nitrogen and oxygen atoms in total. The van der Waals surface area contributed by atoms with E-state index in [9.17, 15) is 9.90 Å². The molecule has 1 saturated carbocycles. The number of carbonyl (C=O) groups excluding carboxylic acids is 1. The number of aromatic nitrogens is 2. The van der Waals surface area contributed by atoms with Gasteiger partial charge in [-0.3, -0.25) is 4.79 Å². The van der Waals surface area contributed by atoms with Gasteiger partial charge in [0, 0.05) is 13.7 Å². The Morgan fingerprint density at radius 1 is 1.42 bits per heavy atom. The SMILES string of the molecule is CO[C@@]12CC[C@H](O)C[C@@H]1N(C(=O)Cn1cnc3ccccc31)CC2. The molecule has 24 heavy (non-hydrogen) atoms. The second-order valence-corrected chi connectivity index (χ2v) is 6.91. The molecule has 2 aliphatic rings. The number of carbonyl (C=O) groups is 1. The van der Waals surface area contributed by atoms with E-state index < -0.39 is 0 Å². The number of ether oxygens (including phenoxy) is 1. The van der Waals surface area contributed by atoms with Gasteiger partial charge in [0.2, 0.25) is 5.91 Å². The van der Waals surface area contributed by atoms with Crippen molar-refractivity contribution in [2.24, 2.45) is 0 Å². The summed E-state index contributed by atoms with van der Waals surface area (Å²) in [5.41, 5.74) is 1.57. The first-order valence-corrected chi connectivity index (χ1v) is 8.55. The van der Waals surface area contributed by atoms with Crippen molar-refractivity contribution in [2.75, 3.05) is 13.7 Å². The lowest BCUT2D eigenvalue weighted by Gasteiger charge is -2.42. The van der Waals surface area contributed by atoms with Crippen LogP contribution in [0.5, 0.6) is 0 Å². The first kappa shape index (κ1) is 15.6. The maximum Gasteiger partial charge on any atom is 0.242 e. The predicted molar refractivity (Wildman–Crippen MR) is 89.4 cm³/mol. The summed E-state index contributed by atoms with van der Waals surface area (Å²) in [5.74, 6) is 0.0659. The first-order chi connectivity index (χ1) is 11.6. The number of nitrogens with zero attached hydrogens (tertiary/aromatic N) is 3. The number of aliphatic hydroxyl groups excluding tert-OH is 1. The number of hydrogen-bond donors (Lipinski definition) is 1. The van der Waals surface area contributed by atoms with Crippen molar-refractivity contribution < 1.29 is 14.6 Å². The topological polar surface area (TPSA) is 67.6 Å². The summed E-state index contributed by atoms with van der Waals surface area (Å²) >= 11 is 0. The molecule has 128 valence electrons. The minimum absolute atomic E-state index is 0.0338. The summed E-state index contributed by atoms with van der Waals surface area (Å²) in [7, 11) is 1.72. The van der Waals surface area contributed by atoms with Crippen LogP contribution < -0.4 is 0 Å². The smallest absolute Gasteiger partial charge is 0.242 e. The third-order valence-electron chi connectivity index (χ3n) is 5.72. The van der Waals surface area contributed by atoms with Crippen LogP contribution >= 0.6 is 0 Å². The summed E-state index contributed by atoms with van der Waals surface area (Å²) in [4.78, 5) is 19.2. The summed E-state index contributed by atoms with van der Waals surface area (Å²) in [5, 5.41) is 10.1. The maximum atomic E-state index is 12.9. The van der Waals surface area contributed by atoms with Crippen LogP contribution in [0.15, 0.2) is 30.6 Å². The number of benzene rings is 1. The molecule has 2 fully saturated rings. The lowest BCUT2D eigenvalue weighted by Crippen LogP contribution is -2.53. The molecule has 4 rings (SSSR count). The molecule has 0 bridgehead atoms. The molecule has 2 aromatic rings. The van der Waals surface area contributed by atoms with Crippen LogP contribution in [0.25, 0.3) is 11.0 Å². The van der Waals surface area contributed by atoms with Crippen LogP contribution in [0, 0.1) is 0 Å². The Hall–Kier alpha value is -1.92. The Bertz CT molecular complexity index is 759. The molecule has 1 aromatic carbocycles. The molecule has 1 aromatic heterocycles. The van der Waals surface area contributed by atoms with Gasteiger partial charge < -0.3 is 19.3 Å². The van der Waals surface area contributed by atoms with Gasteiger partial charge in [0.25, 0.3) is 0 Å². The van der Waals surface area contributed by atoms with Crippen LogP contribution in [-0.2, 0) is 16.1 Å². The molecular weight excluding hydrogens is 306 g/mol. The van der Waals surface area contributed by atoms with E-state index in [1.54, 1.807) is 13.4 Å². The van der Waals surface area contributed by atoms with Gasteiger partial charge in [-0.15, -0.1) is 0 Å². The van der Waals surface area contributed by atoms with E-state index in [1.165, 1.54) is 0 Å². The third kappa shape index (κ3) is 2.41. The minimum Gasteiger partial charge on any atom is -0.393 e. The van der Waals surface area contributed by atoms with Gasteiger partial charge >= 0.3 is 0 Å². The average Bonchev–Trinajstić information content (AvgIpc) is 3.17. The highest BCUT2D eigenvalue weighted by molar-refractivity contribution is 5.81. The molecule has 1 amide bonds. The lowest BCUT2D eigenvalue weighted by atomic mass is 9.79. The first-order valence-electron chi connectivity index (χ1n) is 8.55. The van der Waals surface area contributed by atoms with Gasteiger partial charge in [-0.05, 0) is 37.8 Å². The number of amides is 1. The number of rotatable bonds is 3. The van der Waals surface area contributed by atoms with Crippen LogP contribution in [0.4, 0.5) is 0 Å². The predicted octanol–water partition coefficient (Wildman–Crippen LogP) is 1.57. The van der Waals surface area contributed by atoms with Crippen molar-refractivity contribution in [3.05, 3.63) is 30.6 Å². The molecule has 1 aliphatic heterocycles. The van der Waals surface area contributed by atoms with E-state index in [1.807, 2.05) is 33.7 Å². The molecule has 0 unspecified atom stereocenters. The number of imidazole rings is 1. The van der Waals surface area contributed by atoms with E-state index in [4.69, 9.17) is 4.74 Å². The molecule has 1 aliphatic carbocycles. The van der Waals surface area contributed by atoms with Crippen molar-refractivity contribution in [3.8, 4) is 0 Å². The van der Waals surface area contributed by atoms with E-state index in [-0.39, 0.29) is 30.2 Å². The number of methoxy groups -OCH3 is 1.